The van der Waals surface area contributed by atoms with E-state index in [4.69, 9.17) is 0 Å². The molecule has 0 atom stereocenters. The van der Waals surface area contributed by atoms with Gasteiger partial charge in [0, 0.05) is 12.0 Å². The largest absolute Gasteiger partial charge is 0.325 e. The zero-order chi connectivity index (χ0) is 24.2. The molecule has 0 bridgehead atoms. The lowest BCUT2D eigenvalue weighted by Gasteiger charge is -2.15. The van der Waals surface area contributed by atoms with Crippen LogP contribution >= 0.6 is 0 Å². The van der Waals surface area contributed by atoms with Crippen molar-refractivity contribution in [2.75, 3.05) is 10.6 Å². The number of nitrogens with one attached hydrogen (secondary N) is 2. The predicted octanol–water partition coefficient (Wildman–Crippen LogP) is 4.33. The minimum atomic E-state index is -0.929. The van der Waals surface area contributed by atoms with Crippen LogP contribution in [0.2, 0.25) is 0 Å². The zero-order valence-corrected chi connectivity index (χ0v) is 18.1. The van der Waals surface area contributed by atoms with Gasteiger partial charge in [-0.25, -0.2) is 13.8 Å². The molecular weight excluding hydrogens is 442 g/mol. The Labute approximate surface area is 193 Å². The highest BCUT2D eigenvalue weighted by molar-refractivity contribution is 5.95. The maximum atomic E-state index is 14.0. The van der Waals surface area contributed by atoms with Gasteiger partial charge in [-0.05, 0) is 30.3 Å². The molecule has 0 aliphatic carbocycles. The maximum absolute atomic E-state index is 14.0. The summed E-state index contributed by atoms with van der Waals surface area (Å²) in [5.74, 6) is -2.89. The van der Waals surface area contributed by atoms with Crippen molar-refractivity contribution >= 4 is 34.2 Å². The molecular formula is C25H20F2N4O3. The first-order chi connectivity index (χ1) is 16.4. The molecule has 4 rings (SSSR count). The fraction of sp³-hybridized carbons (Fsp3) is 0.120. The first-order valence-electron chi connectivity index (χ1n) is 10.5. The molecule has 3 aromatic carbocycles. The Kier molecular flexibility index (Phi) is 6.44. The molecule has 0 radical (unpaired) electrons. The highest BCUT2D eigenvalue weighted by atomic mass is 19.1. The molecule has 0 aliphatic rings. The fourth-order valence-corrected chi connectivity index (χ4v) is 3.50. The van der Waals surface area contributed by atoms with E-state index < -0.39 is 35.3 Å². The number of nitrogens with zero attached hydrogens (tertiary/aromatic N) is 2. The van der Waals surface area contributed by atoms with Crippen molar-refractivity contribution in [2.45, 2.75) is 19.9 Å². The van der Waals surface area contributed by atoms with Gasteiger partial charge in [0.2, 0.25) is 11.8 Å². The predicted molar refractivity (Wildman–Crippen MR) is 125 cm³/mol. The lowest BCUT2D eigenvalue weighted by atomic mass is 10.1. The van der Waals surface area contributed by atoms with Gasteiger partial charge in [0.25, 0.3) is 5.56 Å². The van der Waals surface area contributed by atoms with Crippen molar-refractivity contribution in [3.05, 3.63) is 88.7 Å². The molecule has 0 aliphatic heterocycles. The first-order valence-corrected chi connectivity index (χ1v) is 10.5. The quantitative estimate of drug-likeness (QED) is 0.446. The third-order valence-electron chi connectivity index (χ3n) is 5.16. The molecule has 2 N–H and O–H groups in total. The SMILES string of the molecule is CCC(=O)Nc1ccccc1-c1nc2ccccc2n(CC(=O)Nc2c(F)cccc2F)c1=O. The topological polar surface area (TPSA) is 93.1 Å². The minimum Gasteiger partial charge on any atom is -0.325 e. The summed E-state index contributed by atoms with van der Waals surface area (Å²) < 4.78 is 29.1. The highest BCUT2D eigenvalue weighted by Crippen LogP contribution is 2.26. The van der Waals surface area contributed by atoms with Crippen molar-refractivity contribution in [1.29, 1.82) is 0 Å². The van der Waals surface area contributed by atoms with E-state index >= 15 is 0 Å². The van der Waals surface area contributed by atoms with Crippen LogP contribution in [0.15, 0.2) is 71.5 Å². The van der Waals surface area contributed by atoms with Gasteiger partial charge >= 0.3 is 0 Å². The summed E-state index contributed by atoms with van der Waals surface area (Å²) in [5, 5.41) is 4.95. The molecule has 0 saturated carbocycles. The van der Waals surface area contributed by atoms with Gasteiger partial charge in [-0.2, -0.15) is 0 Å². The summed E-state index contributed by atoms with van der Waals surface area (Å²) in [6.07, 6.45) is 0.247. The zero-order valence-electron chi connectivity index (χ0n) is 18.1. The molecule has 1 aromatic heterocycles. The number of carbonyl (C=O) groups is 2. The Bertz CT molecular complexity index is 1450. The van der Waals surface area contributed by atoms with Gasteiger partial charge in [-0.15, -0.1) is 0 Å². The van der Waals surface area contributed by atoms with Crippen molar-refractivity contribution in [3.63, 3.8) is 0 Å². The molecule has 0 fully saturated rings. The van der Waals surface area contributed by atoms with E-state index in [1.165, 1.54) is 10.6 Å². The number of para-hydroxylation sites is 4. The van der Waals surface area contributed by atoms with E-state index in [9.17, 15) is 23.2 Å². The summed E-state index contributed by atoms with van der Waals surface area (Å²) in [6.45, 7) is 1.20. The Morgan fingerprint density at radius 1 is 0.882 bits per heavy atom. The normalized spacial score (nSPS) is 10.8. The summed E-state index contributed by atoms with van der Waals surface area (Å²) in [6, 6.07) is 16.6. The van der Waals surface area contributed by atoms with Crippen LogP contribution in [0.25, 0.3) is 22.3 Å². The lowest BCUT2D eigenvalue weighted by molar-refractivity contribution is -0.117. The second-order valence-electron chi connectivity index (χ2n) is 7.43. The molecule has 172 valence electrons. The Balaban J connectivity index is 1.80. The van der Waals surface area contributed by atoms with E-state index in [1.807, 2.05) is 0 Å². The molecule has 9 heteroatoms. The van der Waals surface area contributed by atoms with Crippen LogP contribution in [-0.4, -0.2) is 21.4 Å². The van der Waals surface area contributed by atoms with Gasteiger partial charge in [0.15, 0.2) is 0 Å². The van der Waals surface area contributed by atoms with Gasteiger partial charge < -0.3 is 10.6 Å². The average molecular weight is 462 g/mol. The van der Waals surface area contributed by atoms with Crippen molar-refractivity contribution < 1.29 is 18.4 Å². The van der Waals surface area contributed by atoms with E-state index in [0.29, 0.717) is 22.3 Å². The highest BCUT2D eigenvalue weighted by Gasteiger charge is 2.19. The smallest absolute Gasteiger partial charge is 0.278 e. The van der Waals surface area contributed by atoms with Crippen LogP contribution in [0, 0.1) is 11.6 Å². The first kappa shape index (κ1) is 22.8. The molecule has 2 amide bonds. The summed E-state index contributed by atoms with van der Waals surface area (Å²) >= 11 is 0. The van der Waals surface area contributed by atoms with Crippen LogP contribution in [0.3, 0.4) is 0 Å². The average Bonchev–Trinajstić information content (AvgIpc) is 2.83. The van der Waals surface area contributed by atoms with Gasteiger partial charge in [0.05, 0.1) is 16.7 Å². The number of aromatic nitrogens is 2. The van der Waals surface area contributed by atoms with Crippen LogP contribution in [-0.2, 0) is 16.1 Å². The molecule has 7 nitrogen and oxygen atoms in total. The number of rotatable bonds is 6. The number of hydrogen-bond donors (Lipinski definition) is 2. The minimum absolute atomic E-state index is 0.0237. The Hall–Kier alpha value is -4.40. The number of anilines is 2. The summed E-state index contributed by atoms with van der Waals surface area (Å²) in [5.41, 5.74) is 0.422. The van der Waals surface area contributed by atoms with Crippen LogP contribution in [0.1, 0.15) is 13.3 Å². The maximum Gasteiger partial charge on any atom is 0.278 e. The second kappa shape index (κ2) is 9.62. The second-order valence-corrected chi connectivity index (χ2v) is 7.43. The fourth-order valence-electron chi connectivity index (χ4n) is 3.50. The van der Waals surface area contributed by atoms with Gasteiger partial charge in [-0.1, -0.05) is 43.3 Å². The Morgan fingerprint density at radius 3 is 2.29 bits per heavy atom. The van der Waals surface area contributed by atoms with Crippen LogP contribution in [0.4, 0.5) is 20.2 Å². The molecule has 0 spiro atoms. The number of fused-ring (bicyclic) bond motifs is 1. The molecule has 4 aromatic rings. The third kappa shape index (κ3) is 4.54. The van der Waals surface area contributed by atoms with Crippen molar-refractivity contribution in [3.8, 4) is 11.3 Å². The standard InChI is InChI=1S/C25H20F2N4O3/c1-2-21(32)28-18-11-4-3-8-15(18)23-25(34)31(20-13-6-5-12-19(20)29-23)14-22(33)30-24-16(26)9-7-10-17(24)27/h3-13H,2,14H2,1H3,(H,28,32)(H,30,33). The van der Waals surface area contributed by atoms with Crippen molar-refractivity contribution in [1.82, 2.24) is 9.55 Å². The van der Waals surface area contributed by atoms with E-state index in [2.05, 4.69) is 15.6 Å². The van der Waals surface area contributed by atoms with E-state index in [-0.39, 0.29) is 18.0 Å². The number of hydrogen-bond acceptors (Lipinski definition) is 4. The number of benzene rings is 3. The summed E-state index contributed by atoms with van der Waals surface area (Å²) in [7, 11) is 0. The third-order valence-corrected chi connectivity index (χ3v) is 5.16. The Morgan fingerprint density at radius 2 is 1.56 bits per heavy atom. The molecule has 0 saturated heterocycles. The summed E-state index contributed by atoms with van der Waals surface area (Å²) in [4.78, 5) is 42.6. The van der Waals surface area contributed by atoms with E-state index in [1.54, 1.807) is 55.5 Å². The van der Waals surface area contributed by atoms with E-state index in [0.717, 1.165) is 12.1 Å². The monoisotopic (exact) mass is 462 g/mol. The molecule has 34 heavy (non-hydrogen) atoms. The molecule has 0 unspecified atom stereocenters. The molecule has 1 heterocycles. The van der Waals surface area contributed by atoms with Crippen LogP contribution in [0.5, 0.6) is 0 Å². The van der Waals surface area contributed by atoms with Gasteiger partial charge in [0.1, 0.15) is 29.6 Å². The number of halogens is 2. The lowest BCUT2D eigenvalue weighted by Crippen LogP contribution is -2.30. The number of carbonyl (C=O) groups excluding carboxylic acids is 2. The number of amides is 2. The van der Waals surface area contributed by atoms with Crippen LogP contribution < -0.4 is 16.2 Å². The van der Waals surface area contributed by atoms with Crippen molar-refractivity contribution in [2.24, 2.45) is 0 Å². The van der Waals surface area contributed by atoms with Gasteiger partial charge in [-0.3, -0.25) is 19.0 Å².